The Bertz CT molecular complexity index is 640. The van der Waals surface area contributed by atoms with Gasteiger partial charge < -0.3 is 14.8 Å². The van der Waals surface area contributed by atoms with Crippen LogP contribution in [0.2, 0.25) is 0 Å². The number of hydrogen-bond donors (Lipinski definition) is 1. The van der Waals surface area contributed by atoms with Crippen molar-refractivity contribution in [3.8, 4) is 11.5 Å². The average molecular weight is 306 g/mol. The highest BCUT2D eigenvalue weighted by molar-refractivity contribution is 7.11. The van der Waals surface area contributed by atoms with Crippen molar-refractivity contribution in [2.75, 3.05) is 14.2 Å². The first kappa shape index (κ1) is 15.3. The number of hydrogen-bond acceptors (Lipinski definition) is 5. The first-order chi connectivity index (χ1) is 10.1. The van der Waals surface area contributed by atoms with Crippen molar-refractivity contribution in [1.29, 1.82) is 0 Å². The molecule has 1 aromatic heterocycles. The Morgan fingerprint density at radius 2 is 2.10 bits per heavy atom. The zero-order chi connectivity index (χ0) is 15.4. The Morgan fingerprint density at radius 1 is 1.33 bits per heavy atom. The fourth-order valence-corrected chi connectivity index (χ4v) is 2.74. The number of aryl methyl sites for hydroxylation is 1. The van der Waals surface area contributed by atoms with Gasteiger partial charge in [0, 0.05) is 11.6 Å². The second kappa shape index (κ2) is 6.58. The van der Waals surface area contributed by atoms with Crippen LogP contribution in [0.4, 0.5) is 0 Å². The summed E-state index contributed by atoms with van der Waals surface area (Å²) < 4.78 is 10.5. The van der Waals surface area contributed by atoms with Gasteiger partial charge in [0.15, 0.2) is 0 Å². The molecule has 1 aromatic carbocycles. The largest absolute Gasteiger partial charge is 0.497 e. The summed E-state index contributed by atoms with van der Waals surface area (Å²) in [6.45, 7) is 3.74. The number of carbonyl (C=O) groups is 1. The van der Waals surface area contributed by atoms with Crippen molar-refractivity contribution >= 4 is 17.2 Å². The van der Waals surface area contributed by atoms with Gasteiger partial charge in [-0.15, -0.1) is 11.3 Å². The lowest BCUT2D eigenvalue weighted by molar-refractivity contribution is 0.0943. The molecule has 1 heterocycles. The van der Waals surface area contributed by atoms with E-state index in [-0.39, 0.29) is 11.9 Å². The summed E-state index contributed by atoms with van der Waals surface area (Å²) in [4.78, 5) is 17.0. The second-order valence-electron chi connectivity index (χ2n) is 4.57. The van der Waals surface area contributed by atoms with Crippen molar-refractivity contribution in [2.45, 2.75) is 19.9 Å². The normalized spacial score (nSPS) is 11.8. The molecule has 6 heteroatoms. The highest BCUT2D eigenvalue weighted by Crippen LogP contribution is 2.29. The van der Waals surface area contributed by atoms with Gasteiger partial charge in [-0.3, -0.25) is 4.79 Å². The highest BCUT2D eigenvalue weighted by Gasteiger charge is 2.18. The molecule has 0 aliphatic heterocycles. The number of rotatable bonds is 5. The third kappa shape index (κ3) is 3.33. The molecule has 0 spiro atoms. The topological polar surface area (TPSA) is 60.5 Å². The summed E-state index contributed by atoms with van der Waals surface area (Å²) in [6, 6.07) is 5.36. The molecule has 0 saturated heterocycles. The first-order valence-corrected chi connectivity index (χ1v) is 7.37. The average Bonchev–Trinajstić information content (AvgIpc) is 2.92. The van der Waals surface area contributed by atoms with Crippen LogP contribution in [0, 0.1) is 6.92 Å². The summed E-state index contributed by atoms with van der Waals surface area (Å²) in [6.07, 6.45) is 0. The SMILES string of the molecule is COc1ccc(C(C)NC(=O)c2scnc2C)c(OC)c1. The van der Waals surface area contributed by atoms with Gasteiger partial charge in [0.25, 0.3) is 5.91 Å². The Hall–Kier alpha value is -2.08. The number of amides is 1. The molecule has 112 valence electrons. The second-order valence-corrected chi connectivity index (χ2v) is 5.42. The standard InChI is InChI=1S/C15H18N2O3S/c1-9(17-15(18)14-10(2)16-8-21-14)12-6-5-11(19-3)7-13(12)20-4/h5-9H,1-4H3,(H,17,18). The Balaban J connectivity index is 2.18. The van der Waals surface area contributed by atoms with Crippen molar-refractivity contribution in [3.05, 3.63) is 39.8 Å². The number of thiazole rings is 1. The van der Waals surface area contributed by atoms with Crippen LogP contribution in [0.1, 0.15) is 33.9 Å². The van der Waals surface area contributed by atoms with E-state index in [9.17, 15) is 4.79 Å². The maximum absolute atomic E-state index is 12.2. The predicted octanol–water partition coefficient (Wildman–Crippen LogP) is 2.96. The quantitative estimate of drug-likeness (QED) is 0.922. The van der Waals surface area contributed by atoms with E-state index in [1.807, 2.05) is 26.0 Å². The molecule has 21 heavy (non-hydrogen) atoms. The van der Waals surface area contributed by atoms with E-state index in [0.29, 0.717) is 16.4 Å². The van der Waals surface area contributed by atoms with Crippen LogP contribution in [-0.4, -0.2) is 25.1 Å². The molecule has 2 aromatic rings. The fraction of sp³-hybridized carbons (Fsp3) is 0.333. The van der Waals surface area contributed by atoms with Gasteiger partial charge in [0.2, 0.25) is 0 Å². The summed E-state index contributed by atoms with van der Waals surface area (Å²) >= 11 is 1.34. The lowest BCUT2D eigenvalue weighted by atomic mass is 10.1. The van der Waals surface area contributed by atoms with Crippen LogP contribution in [0.3, 0.4) is 0 Å². The van der Waals surface area contributed by atoms with Crippen LogP contribution >= 0.6 is 11.3 Å². The van der Waals surface area contributed by atoms with Gasteiger partial charge in [-0.1, -0.05) is 0 Å². The fourth-order valence-electron chi connectivity index (χ4n) is 2.04. The van der Waals surface area contributed by atoms with Gasteiger partial charge in [0.1, 0.15) is 16.4 Å². The summed E-state index contributed by atoms with van der Waals surface area (Å²) in [5, 5.41) is 2.96. The van der Waals surface area contributed by atoms with Crippen LogP contribution in [0.25, 0.3) is 0 Å². The molecule has 0 aliphatic rings. The third-order valence-corrected chi connectivity index (χ3v) is 4.13. The molecular formula is C15H18N2O3S. The molecule has 0 saturated carbocycles. The number of nitrogens with one attached hydrogen (secondary N) is 1. The minimum absolute atomic E-state index is 0.125. The van der Waals surface area contributed by atoms with E-state index in [0.717, 1.165) is 11.3 Å². The summed E-state index contributed by atoms with van der Waals surface area (Å²) in [5.74, 6) is 1.27. The predicted molar refractivity (Wildman–Crippen MR) is 82.3 cm³/mol. The number of ether oxygens (including phenoxy) is 2. The molecule has 1 N–H and O–H groups in total. The minimum Gasteiger partial charge on any atom is -0.497 e. The Morgan fingerprint density at radius 3 is 2.67 bits per heavy atom. The lowest BCUT2D eigenvalue weighted by Gasteiger charge is -2.17. The van der Waals surface area contributed by atoms with Crippen molar-refractivity contribution < 1.29 is 14.3 Å². The number of carbonyl (C=O) groups excluding carboxylic acids is 1. The van der Waals surface area contributed by atoms with Crippen LogP contribution < -0.4 is 14.8 Å². The van der Waals surface area contributed by atoms with Crippen LogP contribution in [0.5, 0.6) is 11.5 Å². The monoisotopic (exact) mass is 306 g/mol. The maximum Gasteiger partial charge on any atom is 0.263 e. The number of benzene rings is 1. The molecule has 0 fully saturated rings. The summed E-state index contributed by atoms with van der Waals surface area (Å²) in [5.41, 5.74) is 3.31. The zero-order valence-corrected chi connectivity index (χ0v) is 13.3. The number of nitrogens with zero attached hydrogens (tertiary/aromatic N) is 1. The molecule has 1 atom stereocenters. The van der Waals surface area contributed by atoms with E-state index >= 15 is 0 Å². The zero-order valence-electron chi connectivity index (χ0n) is 12.5. The molecule has 1 unspecified atom stereocenters. The maximum atomic E-state index is 12.2. The lowest BCUT2D eigenvalue weighted by Crippen LogP contribution is -2.26. The van der Waals surface area contributed by atoms with E-state index < -0.39 is 0 Å². The molecule has 0 aliphatic carbocycles. The van der Waals surface area contributed by atoms with E-state index in [1.165, 1.54) is 11.3 Å². The smallest absolute Gasteiger partial charge is 0.263 e. The van der Waals surface area contributed by atoms with Crippen molar-refractivity contribution in [1.82, 2.24) is 10.3 Å². The molecule has 0 radical (unpaired) electrons. The van der Waals surface area contributed by atoms with Crippen molar-refractivity contribution in [3.63, 3.8) is 0 Å². The van der Waals surface area contributed by atoms with E-state index in [4.69, 9.17) is 9.47 Å². The minimum atomic E-state index is -0.181. The van der Waals surface area contributed by atoms with Gasteiger partial charge in [-0.25, -0.2) is 4.98 Å². The van der Waals surface area contributed by atoms with Crippen molar-refractivity contribution in [2.24, 2.45) is 0 Å². The Labute approximate surface area is 127 Å². The molecule has 0 bridgehead atoms. The van der Waals surface area contributed by atoms with Gasteiger partial charge >= 0.3 is 0 Å². The van der Waals surface area contributed by atoms with Crippen LogP contribution in [0.15, 0.2) is 23.7 Å². The van der Waals surface area contributed by atoms with Gasteiger partial charge in [-0.05, 0) is 26.0 Å². The molecule has 2 rings (SSSR count). The molecule has 5 nitrogen and oxygen atoms in total. The third-order valence-electron chi connectivity index (χ3n) is 3.21. The van der Waals surface area contributed by atoms with Crippen LogP contribution in [-0.2, 0) is 0 Å². The van der Waals surface area contributed by atoms with Gasteiger partial charge in [0.05, 0.1) is 31.5 Å². The first-order valence-electron chi connectivity index (χ1n) is 6.49. The summed E-state index contributed by atoms with van der Waals surface area (Å²) in [7, 11) is 3.20. The molecular weight excluding hydrogens is 288 g/mol. The van der Waals surface area contributed by atoms with E-state index in [2.05, 4.69) is 10.3 Å². The number of methoxy groups -OCH3 is 2. The highest BCUT2D eigenvalue weighted by atomic mass is 32.1. The van der Waals surface area contributed by atoms with Gasteiger partial charge in [-0.2, -0.15) is 0 Å². The Kier molecular flexibility index (Phi) is 4.80. The molecule has 1 amide bonds. The van der Waals surface area contributed by atoms with E-state index in [1.54, 1.807) is 25.8 Å². The number of aromatic nitrogens is 1.